The Morgan fingerprint density at radius 1 is 1.23 bits per heavy atom. The zero-order chi connectivity index (χ0) is 21.1. The molecule has 0 saturated carbocycles. The highest BCUT2D eigenvalue weighted by Gasteiger charge is 2.46. The lowest BCUT2D eigenvalue weighted by molar-refractivity contribution is -0.132. The number of carbonyl (C=O) groups excluding carboxylic acids is 2. The minimum atomic E-state index is -0.574. The maximum absolute atomic E-state index is 13.3. The summed E-state index contributed by atoms with van der Waals surface area (Å²) in [6.45, 7) is 3.95. The molecule has 9 nitrogen and oxygen atoms in total. The van der Waals surface area contributed by atoms with Gasteiger partial charge in [0.25, 0.3) is 11.8 Å². The molecule has 4 rings (SSSR count). The van der Waals surface area contributed by atoms with Gasteiger partial charge in [-0.05, 0) is 19.3 Å². The van der Waals surface area contributed by atoms with Crippen molar-refractivity contribution in [3.63, 3.8) is 0 Å². The Hall–Kier alpha value is -2.39. The van der Waals surface area contributed by atoms with Crippen molar-refractivity contribution in [2.24, 2.45) is 0 Å². The fraction of sp³-hybridized carbons (Fsp3) is 0.667. The quantitative estimate of drug-likeness (QED) is 0.618. The first-order valence-electron chi connectivity index (χ1n) is 10.9. The highest BCUT2D eigenvalue weighted by atomic mass is 16.5. The third-order valence-electron chi connectivity index (χ3n) is 5.79. The second kappa shape index (κ2) is 9.18. The van der Waals surface area contributed by atoms with Crippen LogP contribution in [0.25, 0.3) is 0 Å². The summed E-state index contributed by atoms with van der Waals surface area (Å²) in [5, 5.41) is 1.50. The summed E-state index contributed by atoms with van der Waals surface area (Å²) in [5.41, 5.74) is -0.260. The van der Waals surface area contributed by atoms with E-state index >= 15 is 0 Å². The molecular weight excluding hydrogens is 390 g/mol. The predicted octanol–water partition coefficient (Wildman–Crippen LogP) is 1.26. The van der Waals surface area contributed by atoms with Gasteiger partial charge in [-0.1, -0.05) is 26.2 Å². The van der Waals surface area contributed by atoms with E-state index in [1.54, 1.807) is 4.90 Å². The van der Waals surface area contributed by atoms with E-state index in [9.17, 15) is 14.4 Å². The number of aromatic nitrogens is 1. The monoisotopic (exact) mass is 419 g/mol. The number of fused-ring (bicyclic) bond motifs is 2. The van der Waals surface area contributed by atoms with E-state index in [0.717, 1.165) is 32.1 Å². The number of amides is 2. The molecule has 3 aliphatic heterocycles. The van der Waals surface area contributed by atoms with Gasteiger partial charge < -0.3 is 19.1 Å². The molecule has 3 aliphatic rings. The van der Waals surface area contributed by atoms with E-state index < -0.39 is 12.3 Å². The number of rotatable bonds is 7. The van der Waals surface area contributed by atoms with Crippen molar-refractivity contribution in [2.45, 2.75) is 57.7 Å². The second-order valence-corrected chi connectivity index (χ2v) is 7.85. The van der Waals surface area contributed by atoms with Gasteiger partial charge in [-0.3, -0.25) is 14.4 Å². The fourth-order valence-electron chi connectivity index (χ4n) is 4.21. The van der Waals surface area contributed by atoms with Crippen LogP contribution in [-0.4, -0.2) is 66.6 Å². The summed E-state index contributed by atoms with van der Waals surface area (Å²) in [5.74, 6) is -0.547. The van der Waals surface area contributed by atoms with Crippen molar-refractivity contribution >= 4 is 11.8 Å². The van der Waals surface area contributed by atoms with Crippen LogP contribution in [0.3, 0.4) is 0 Å². The van der Waals surface area contributed by atoms with Crippen LogP contribution >= 0.6 is 0 Å². The molecule has 30 heavy (non-hydrogen) atoms. The van der Waals surface area contributed by atoms with Gasteiger partial charge in [-0.2, -0.15) is 0 Å². The number of nitrogens with zero attached hydrogens (tertiary/aromatic N) is 3. The van der Waals surface area contributed by atoms with Crippen LogP contribution < -0.4 is 15.2 Å². The number of pyridine rings is 1. The van der Waals surface area contributed by atoms with Gasteiger partial charge in [0.05, 0.1) is 19.8 Å². The van der Waals surface area contributed by atoms with Gasteiger partial charge in [0, 0.05) is 25.4 Å². The van der Waals surface area contributed by atoms with Gasteiger partial charge in [-0.25, -0.2) is 9.69 Å². The van der Waals surface area contributed by atoms with Crippen LogP contribution in [0.1, 0.15) is 55.9 Å². The number of ether oxygens (including phenoxy) is 3. The third-order valence-corrected chi connectivity index (χ3v) is 5.79. The maximum Gasteiger partial charge on any atom is 0.278 e. The molecule has 0 spiro atoms. The number of carbonyl (C=O) groups is 2. The summed E-state index contributed by atoms with van der Waals surface area (Å²) in [6, 6.07) is 1.34. The first kappa shape index (κ1) is 20.9. The van der Waals surface area contributed by atoms with E-state index in [2.05, 4.69) is 6.92 Å². The van der Waals surface area contributed by atoms with Crippen LogP contribution in [0.4, 0.5) is 0 Å². The Morgan fingerprint density at radius 3 is 2.87 bits per heavy atom. The highest BCUT2D eigenvalue weighted by molar-refractivity contribution is 6.00. The Kier molecular flexibility index (Phi) is 6.38. The third kappa shape index (κ3) is 3.83. The normalized spacial score (nSPS) is 23.3. The van der Waals surface area contributed by atoms with Gasteiger partial charge in [0.15, 0.2) is 17.6 Å². The van der Waals surface area contributed by atoms with E-state index in [1.165, 1.54) is 21.9 Å². The summed E-state index contributed by atoms with van der Waals surface area (Å²) < 4.78 is 18.4. The van der Waals surface area contributed by atoms with Gasteiger partial charge >= 0.3 is 0 Å². The zero-order valence-electron chi connectivity index (χ0n) is 17.4. The van der Waals surface area contributed by atoms with Crippen LogP contribution in [0.5, 0.6) is 5.75 Å². The fourth-order valence-corrected chi connectivity index (χ4v) is 4.21. The van der Waals surface area contributed by atoms with Crippen molar-refractivity contribution in [3.05, 3.63) is 28.2 Å². The molecule has 0 radical (unpaired) electrons. The van der Waals surface area contributed by atoms with Crippen molar-refractivity contribution < 1.29 is 23.8 Å². The smallest absolute Gasteiger partial charge is 0.278 e. The zero-order valence-corrected chi connectivity index (χ0v) is 17.4. The van der Waals surface area contributed by atoms with Crippen molar-refractivity contribution in [1.29, 1.82) is 0 Å². The number of morpholine rings is 1. The molecular formula is C21H29N3O6. The van der Waals surface area contributed by atoms with Crippen LogP contribution in [0, 0.1) is 0 Å². The van der Waals surface area contributed by atoms with E-state index in [0.29, 0.717) is 32.8 Å². The van der Waals surface area contributed by atoms with Gasteiger partial charge in [-0.15, -0.1) is 0 Å². The minimum absolute atomic E-state index is 0.00841. The van der Waals surface area contributed by atoms with E-state index in [-0.39, 0.29) is 35.3 Å². The topological polar surface area (TPSA) is 90.3 Å². The molecule has 1 aromatic rings. The van der Waals surface area contributed by atoms with Crippen molar-refractivity contribution in [2.75, 3.05) is 38.0 Å². The maximum atomic E-state index is 13.3. The summed E-state index contributed by atoms with van der Waals surface area (Å²) >= 11 is 0. The van der Waals surface area contributed by atoms with Gasteiger partial charge in [0.1, 0.15) is 6.10 Å². The number of unbranched alkanes of at least 4 members (excludes halogenated alkanes) is 3. The molecule has 0 bridgehead atoms. The molecule has 1 aromatic heterocycles. The molecule has 0 aliphatic carbocycles. The molecule has 2 atom stereocenters. The Labute approximate surface area is 175 Å². The highest BCUT2D eigenvalue weighted by Crippen LogP contribution is 2.28. The summed E-state index contributed by atoms with van der Waals surface area (Å²) in [7, 11) is 0. The lowest BCUT2D eigenvalue weighted by Gasteiger charge is -2.47. The molecule has 4 heterocycles. The van der Waals surface area contributed by atoms with E-state index in [1.807, 2.05) is 0 Å². The summed E-state index contributed by atoms with van der Waals surface area (Å²) in [6.07, 6.45) is 5.77. The van der Waals surface area contributed by atoms with Crippen LogP contribution in [0.2, 0.25) is 0 Å². The molecule has 2 amide bonds. The Bertz CT molecular complexity index is 848. The van der Waals surface area contributed by atoms with E-state index in [4.69, 9.17) is 14.2 Å². The number of hydrogen-bond acceptors (Lipinski definition) is 6. The van der Waals surface area contributed by atoms with Gasteiger partial charge in [0.2, 0.25) is 5.43 Å². The Balaban J connectivity index is 1.70. The predicted molar refractivity (Wildman–Crippen MR) is 108 cm³/mol. The average molecular weight is 419 g/mol. The molecule has 9 heteroatoms. The molecule has 0 unspecified atom stereocenters. The molecule has 2 saturated heterocycles. The first-order valence-corrected chi connectivity index (χ1v) is 10.9. The number of hydrogen-bond donors (Lipinski definition) is 0. The van der Waals surface area contributed by atoms with Crippen LogP contribution in [-0.2, 0) is 14.3 Å². The van der Waals surface area contributed by atoms with Crippen molar-refractivity contribution in [3.8, 4) is 5.75 Å². The minimum Gasteiger partial charge on any atom is -0.487 e. The lowest BCUT2D eigenvalue weighted by atomic mass is 10.1. The molecule has 0 aromatic carbocycles. The first-order chi connectivity index (χ1) is 14.6. The van der Waals surface area contributed by atoms with Crippen LogP contribution in [0.15, 0.2) is 17.1 Å². The largest absolute Gasteiger partial charge is 0.487 e. The molecule has 0 N–H and O–H groups in total. The molecule has 164 valence electrons. The average Bonchev–Trinajstić information content (AvgIpc) is 3.30. The summed E-state index contributed by atoms with van der Waals surface area (Å²) in [4.78, 5) is 40.8. The SMILES string of the molecule is CCCCCCOc1c2n(ccc1=O)N(C(=O)[C@H]1CCCO1)[C@@H]1COCCN1C2=O. The standard InChI is InChI=1S/C21H29N3O6/c1-2-3-4-5-11-30-19-15(25)8-9-23-18(19)21(27)22-10-13-28-14-17(22)24(23)20(26)16-7-6-12-29-16/h8-9,16-17H,2-7,10-14H2,1H3/t16-,17-/m1/s1. The Morgan fingerprint density at radius 2 is 2.10 bits per heavy atom. The molecule has 2 fully saturated rings. The lowest BCUT2D eigenvalue weighted by Crippen LogP contribution is -2.68. The second-order valence-electron chi connectivity index (χ2n) is 7.85. The van der Waals surface area contributed by atoms with Crippen molar-refractivity contribution in [1.82, 2.24) is 9.58 Å².